The highest BCUT2D eigenvalue weighted by molar-refractivity contribution is 5.89. The van der Waals surface area contributed by atoms with Crippen LogP contribution in [0.3, 0.4) is 0 Å². The highest BCUT2D eigenvalue weighted by Gasteiger charge is 2.47. The van der Waals surface area contributed by atoms with Crippen molar-refractivity contribution in [3.8, 4) is 0 Å². The fraction of sp³-hybridized carbons (Fsp3) is 0.643. The first-order valence-corrected chi connectivity index (χ1v) is 6.85. The fourth-order valence-corrected chi connectivity index (χ4v) is 3.44. The molecule has 0 saturated carbocycles. The van der Waals surface area contributed by atoms with Crippen LogP contribution in [0.5, 0.6) is 0 Å². The molecule has 6 nitrogen and oxygen atoms in total. The van der Waals surface area contributed by atoms with Crippen LogP contribution in [0.1, 0.15) is 40.5 Å². The maximum atomic E-state index is 12.6. The van der Waals surface area contributed by atoms with E-state index >= 15 is 0 Å². The number of likely N-dealkylation sites (tertiary alicyclic amines) is 1. The van der Waals surface area contributed by atoms with Crippen LogP contribution >= 0.6 is 0 Å². The van der Waals surface area contributed by atoms with Crippen molar-refractivity contribution in [3.05, 3.63) is 18.6 Å². The molecule has 0 aromatic carbocycles. The molecule has 1 aliphatic rings. The van der Waals surface area contributed by atoms with Crippen LogP contribution in [0.15, 0.2) is 18.6 Å². The van der Waals surface area contributed by atoms with Crippen LogP contribution in [-0.2, 0) is 0 Å². The van der Waals surface area contributed by atoms with E-state index in [1.165, 1.54) is 6.20 Å². The van der Waals surface area contributed by atoms with E-state index in [0.717, 1.165) is 12.8 Å². The van der Waals surface area contributed by atoms with Gasteiger partial charge in [-0.2, -0.15) is 0 Å². The quantitative estimate of drug-likeness (QED) is 0.822. The van der Waals surface area contributed by atoms with Crippen LogP contribution in [0.2, 0.25) is 0 Å². The Morgan fingerprint density at radius 3 is 2.40 bits per heavy atom. The first kappa shape index (κ1) is 14.7. The minimum atomic E-state index is -0.298. The molecular formula is C14H23N5O. The average Bonchev–Trinajstić information content (AvgIpc) is 2.25. The summed E-state index contributed by atoms with van der Waals surface area (Å²) in [6, 6.07) is -0.0482. The number of nitrogens with one attached hydrogen (secondary N) is 1. The Bertz CT molecular complexity index is 468. The molecule has 0 spiro atoms. The summed E-state index contributed by atoms with van der Waals surface area (Å²) in [6.45, 7) is 8.18. The van der Waals surface area contributed by atoms with Crippen LogP contribution in [-0.4, -0.2) is 38.0 Å². The number of hydrogen-bond donors (Lipinski definition) is 2. The summed E-state index contributed by atoms with van der Waals surface area (Å²) in [6.07, 6.45) is 6.23. The fourth-order valence-electron chi connectivity index (χ4n) is 3.44. The van der Waals surface area contributed by atoms with Gasteiger partial charge in [0, 0.05) is 29.5 Å². The van der Waals surface area contributed by atoms with Crippen LogP contribution in [0.4, 0.5) is 10.6 Å². The lowest BCUT2D eigenvalue weighted by Crippen LogP contribution is -2.66. The first-order chi connectivity index (χ1) is 9.22. The number of hydrogen-bond acceptors (Lipinski definition) is 4. The maximum Gasteiger partial charge on any atom is 0.323 e. The number of piperidine rings is 1. The number of aromatic nitrogens is 2. The van der Waals surface area contributed by atoms with Crippen molar-refractivity contribution in [2.24, 2.45) is 5.73 Å². The molecule has 2 heterocycles. The van der Waals surface area contributed by atoms with Crippen molar-refractivity contribution in [1.82, 2.24) is 14.9 Å². The number of carbonyl (C=O) groups is 1. The minimum absolute atomic E-state index is 0.112. The molecule has 6 heteroatoms. The predicted octanol–water partition coefficient (Wildman–Crippen LogP) is 1.99. The van der Waals surface area contributed by atoms with Gasteiger partial charge in [-0.15, -0.1) is 0 Å². The van der Waals surface area contributed by atoms with Gasteiger partial charge in [0.1, 0.15) is 0 Å². The molecule has 1 aromatic rings. The van der Waals surface area contributed by atoms with Crippen molar-refractivity contribution in [1.29, 1.82) is 0 Å². The minimum Gasteiger partial charge on any atom is -0.328 e. The number of nitrogens with two attached hydrogens (primary N) is 1. The van der Waals surface area contributed by atoms with Crippen molar-refractivity contribution in [2.45, 2.75) is 57.7 Å². The van der Waals surface area contributed by atoms with E-state index in [0.29, 0.717) is 5.82 Å². The molecule has 0 atom stereocenters. The molecule has 110 valence electrons. The Kier molecular flexibility index (Phi) is 3.69. The van der Waals surface area contributed by atoms with E-state index in [9.17, 15) is 4.79 Å². The van der Waals surface area contributed by atoms with Gasteiger partial charge < -0.3 is 10.6 Å². The summed E-state index contributed by atoms with van der Waals surface area (Å²) >= 11 is 0. The zero-order valence-electron chi connectivity index (χ0n) is 12.6. The maximum absolute atomic E-state index is 12.6. The van der Waals surface area contributed by atoms with Gasteiger partial charge >= 0.3 is 6.03 Å². The molecule has 3 N–H and O–H groups in total. The zero-order chi connectivity index (χ0) is 15.0. The second kappa shape index (κ2) is 5.01. The molecule has 0 aliphatic carbocycles. The molecule has 0 radical (unpaired) electrons. The van der Waals surface area contributed by atoms with Crippen LogP contribution in [0.25, 0.3) is 0 Å². The number of anilines is 1. The third-order valence-electron chi connectivity index (χ3n) is 3.74. The van der Waals surface area contributed by atoms with Crippen LogP contribution < -0.4 is 11.1 Å². The van der Waals surface area contributed by atoms with Gasteiger partial charge in [-0.05, 0) is 40.5 Å². The highest BCUT2D eigenvalue weighted by Crippen LogP contribution is 2.38. The Morgan fingerprint density at radius 2 is 1.90 bits per heavy atom. The second-order valence-corrected chi connectivity index (χ2v) is 6.65. The molecule has 1 saturated heterocycles. The van der Waals surface area contributed by atoms with Gasteiger partial charge in [0.15, 0.2) is 5.82 Å². The van der Waals surface area contributed by atoms with Gasteiger partial charge in [-0.25, -0.2) is 9.78 Å². The molecule has 0 bridgehead atoms. The molecule has 0 unspecified atom stereocenters. The number of amides is 2. The molecular weight excluding hydrogens is 254 g/mol. The number of urea groups is 1. The van der Waals surface area contributed by atoms with Gasteiger partial charge in [0.2, 0.25) is 0 Å². The van der Waals surface area contributed by atoms with Crippen molar-refractivity contribution < 1.29 is 4.79 Å². The molecule has 20 heavy (non-hydrogen) atoms. The van der Waals surface area contributed by atoms with E-state index in [-0.39, 0.29) is 23.2 Å². The van der Waals surface area contributed by atoms with Crippen molar-refractivity contribution >= 4 is 11.8 Å². The van der Waals surface area contributed by atoms with Gasteiger partial charge in [0.05, 0.1) is 6.20 Å². The number of rotatable bonds is 1. The van der Waals surface area contributed by atoms with E-state index in [4.69, 9.17) is 5.73 Å². The molecule has 1 aromatic heterocycles. The topological polar surface area (TPSA) is 84.1 Å². The Balaban J connectivity index is 2.22. The third-order valence-corrected chi connectivity index (χ3v) is 3.74. The SMILES string of the molecule is CC1(C)CC(N)CC(C)(C)N1C(=O)Nc1cnccn1. The lowest BCUT2D eigenvalue weighted by Gasteiger charge is -2.54. The van der Waals surface area contributed by atoms with E-state index in [1.807, 2.05) is 32.6 Å². The molecule has 1 aliphatic heterocycles. The summed E-state index contributed by atoms with van der Waals surface area (Å²) in [5.41, 5.74) is 5.52. The summed E-state index contributed by atoms with van der Waals surface area (Å²) in [5, 5.41) is 2.81. The molecule has 2 rings (SSSR count). The normalized spacial score (nSPS) is 21.6. The second-order valence-electron chi connectivity index (χ2n) is 6.65. The van der Waals surface area contributed by atoms with E-state index in [1.54, 1.807) is 12.4 Å². The van der Waals surface area contributed by atoms with E-state index in [2.05, 4.69) is 15.3 Å². The van der Waals surface area contributed by atoms with Gasteiger partial charge in [0.25, 0.3) is 0 Å². The lowest BCUT2D eigenvalue weighted by atomic mass is 9.77. The Hall–Kier alpha value is -1.69. The number of nitrogens with zero attached hydrogens (tertiary/aromatic N) is 3. The monoisotopic (exact) mass is 277 g/mol. The number of carbonyl (C=O) groups excluding carboxylic acids is 1. The molecule has 1 fully saturated rings. The van der Waals surface area contributed by atoms with Crippen molar-refractivity contribution in [3.63, 3.8) is 0 Å². The smallest absolute Gasteiger partial charge is 0.323 e. The average molecular weight is 277 g/mol. The lowest BCUT2D eigenvalue weighted by molar-refractivity contribution is 0.00873. The van der Waals surface area contributed by atoms with E-state index < -0.39 is 0 Å². The summed E-state index contributed by atoms with van der Waals surface area (Å²) in [5.74, 6) is 0.457. The first-order valence-electron chi connectivity index (χ1n) is 6.85. The molecule has 2 amide bonds. The van der Waals surface area contributed by atoms with Crippen molar-refractivity contribution in [2.75, 3.05) is 5.32 Å². The highest BCUT2D eigenvalue weighted by atomic mass is 16.2. The summed E-state index contributed by atoms with van der Waals surface area (Å²) in [7, 11) is 0. The summed E-state index contributed by atoms with van der Waals surface area (Å²) < 4.78 is 0. The standard InChI is InChI=1S/C14H23N5O/c1-13(2)7-10(15)8-14(3,4)19(13)12(20)18-11-9-16-5-6-17-11/h5-6,9-10H,7-8,15H2,1-4H3,(H,17,18,20). The zero-order valence-corrected chi connectivity index (χ0v) is 12.6. The van der Waals surface area contributed by atoms with Crippen LogP contribution in [0, 0.1) is 0 Å². The van der Waals surface area contributed by atoms with Gasteiger partial charge in [-0.3, -0.25) is 10.3 Å². The Labute approximate surface area is 119 Å². The largest absolute Gasteiger partial charge is 0.328 e. The predicted molar refractivity (Wildman–Crippen MR) is 78.3 cm³/mol. The summed E-state index contributed by atoms with van der Waals surface area (Å²) in [4.78, 5) is 22.5. The Morgan fingerprint density at radius 1 is 1.30 bits per heavy atom. The third kappa shape index (κ3) is 2.90. The van der Waals surface area contributed by atoms with Gasteiger partial charge in [-0.1, -0.05) is 0 Å².